The highest BCUT2D eigenvalue weighted by Crippen LogP contribution is 2.45. The van der Waals surface area contributed by atoms with Gasteiger partial charge in [0, 0.05) is 62.4 Å². The van der Waals surface area contributed by atoms with Gasteiger partial charge in [0.2, 0.25) is 11.9 Å². The Morgan fingerprint density at radius 1 is 0.895 bits per heavy atom. The van der Waals surface area contributed by atoms with Gasteiger partial charge in [-0.3, -0.25) is 4.79 Å². The number of fused-ring (bicyclic) bond motifs is 5. The van der Waals surface area contributed by atoms with E-state index >= 15 is 0 Å². The number of ether oxygens (including phenoxy) is 2. The van der Waals surface area contributed by atoms with Crippen molar-refractivity contribution >= 4 is 46.1 Å². The molecule has 0 radical (unpaired) electrons. The van der Waals surface area contributed by atoms with Gasteiger partial charge in [0.05, 0.1) is 32.6 Å². The number of anilines is 7. The molecular weight excluding hydrogens is 482 g/mol. The molecule has 7 rings (SSSR count). The molecule has 1 aromatic heterocycles. The van der Waals surface area contributed by atoms with E-state index < -0.39 is 0 Å². The standard InChI is InChI=1S/C28H31N7O3/c1-32-25-18-29-28(31-26(25)35-23-5-3-2-4-19(23)14-24(35)27(32)36)30-20-15-21(33-6-10-37-11-7-33)17-22(16-20)34-8-12-38-13-9-34/h2-5,15-18,24H,6-14H2,1H3,(H,29,30,31). The molecule has 1 N–H and O–H groups in total. The average molecular weight is 514 g/mol. The van der Waals surface area contributed by atoms with Gasteiger partial charge in [-0.2, -0.15) is 4.98 Å². The quantitative estimate of drug-likeness (QED) is 0.566. The Balaban J connectivity index is 1.25. The van der Waals surface area contributed by atoms with E-state index in [4.69, 9.17) is 14.5 Å². The molecular formula is C28H31N7O3. The SMILES string of the molecule is CN1C(=O)C2Cc3ccccc3N2c2nc(Nc3cc(N4CCOCC4)cc(N4CCOCC4)c3)ncc21. The number of carbonyl (C=O) groups is 1. The van der Waals surface area contributed by atoms with Gasteiger partial charge in [0.15, 0.2) is 5.82 Å². The minimum atomic E-state index is -0.287. The predicted octanol–water partition coefficient (Wildman–Crippen LogP) is 2.93. The highest BCUT2D eigenvalue weighted by molar-refractivity contribution is 6.07. The maximum atomic E-state index is 13.2. The van der Waals surface area contributed by atoms with Crippen LogP contribution in [0.3, 0.4) is 0 Å². The number of rotatable bonds is 4. The van der Waals surface area contributed by atoms with Crippen molar-refractivity contribution < 1.29 is 14.3 Å². The molecule has 0 spiro atoms. The first-order valence-electron chi connectivity index (χ1n) is 13.2. The van der Waals surface area contributed by atoms with Crippen molar-refractivity contribution in [1.29, 1.82) is 0 Å². The molecule has 10 nitrogen and oxygen atoms in total. The number of hydrogen-bond donors (Lipinski definition) is 1. The first-order chi connectivity index (χ1) is 18.7. The zero-order chi connectivity index (χ0) is 25.6. The summed E-state index contributed by atoms with van der Waals surface area (Å²) >= 11 is 0. The summed E-state index contributed by atoms with van der Waals surface area (Å²) in [5.74, 6) is 1.31. The van der Waals surface area contributed by atoms with Crippen molar-refractivity contribution in [1.82, 2.24) is 9.97 Å². The fourth-order valence-electron chi connectivity index (χ4n) is 5.83. The molecule has 2 saturated heterocycles. The molecule has 1 amide bonds. The van der Waals surface area contributed by atoms with Crippen molar-refractivity contribution in [3.63, 3.8) is 0 Å². The van der Waals surface area contributed by atoms with Crippen LogP contribution >= 0.6 is 0 Å². The first kappa shape index (κ1) is 23.2. The highest BCUT2D eigenvalue weighted by Gasteiger charge is 2.43. The van der Waals surface area contributed by atoms with Crippen molar-refractivity contribution in [2.45, 2.75) is 12.5 Å². The molecule has 4 aliphatic heterocycles. The van der Waals surface area contributed by atoms with E-state index in [0.29, 0.717) is 18.1 Å². The van der Waals surface area contributed by atoms with Crippen LogP contribution in [0.15, 0.2) is 48.7 Å². The van der Waals surface area contributed by atoms with E-state index in [-0.39, 0.29) is 11.9 Å². The second-order valence-electron chi connectivity index (χ2n) is 10.1. The number of likely N-dealkylation sites (N-methyl/N-ethyl adjacent to an activating group) is 1. The van der Waals surface area contributed by atoms with Crippen molar-refractivity contribution in [2.75, 3.05) is 84.6 Å². The maximum Gasteiger partial charge on any atom is 0.250 e. The molecule has 2 fully saturated rings. The van der Waals surface area contributed by atoms with Crippen LogP contribution in [0.2, 0.25) is 0 Å². The van der Waals surface area contributed by atoms with E-state index in [9.17, 15) is 4.79 Å². The van der Waals surface area contributed by atoms with Crippen LogP contribution in [0.4, 0.5) is 40.2 Å². The third-order valence-electron chi connectivity index (χ3n) is 7.84. The van der Waals surface area contributed by atoms with Gasteiger partial charge >= 0.3 is 0 Å². The van der Waals surface area contributed by atoms with E-state index in [1.165, 1.54) is 0 Å². The Bertz CT molecular complexity index is 1330. The van der Waals surface area contributed by atoms with E-state index in [2.05, 4.69) is 55.3 Å². The Kier molecular flexibility index (Phi) is 5.78. The third-order valence-corrected chi connectivity index (χ3v) is 7.84. The molecule has 38 heavy (non-hydrogen) atoms. The fraction of sp³-hybridized carbons (Fsp3) is 0.393. The minimum absolute atomic E-state index is 0.0615. The first-order valence-corrected chi connectivity index (χ1v) is 13.2. The van der Waals surface area contributed by atoms with Gasteiger partial charge in [-0.15, -0.1) is 0 Å². The Morgan fingerprint density at radius 2 is 1.55 bits per heavy atom. The summed E-state index contributed by atoms with van der Waals surface area (Å²) in [6, 6.07) is 14.5. The molecule has 3 aromatic rings. The van der Waals surface area contributed by atoms with Crippen LogP contribution in [-0.4, -0.2) is 81.6 Å². The summed E-state index contributed by atoms with van der Waals surface area (Å²) in [6.45, 7) is 6.34. The van der Waals surface area contributed by atoms with Gasteiger partial charge in [-0.1, -0.05) is 18.2 Å². The van der Waals surface area contributed by atoms with Gasteiger partial charge in [-0.25, -0.2) is 4.98 Å². The predicted molar refractivity (Wildman–Crippen MR) is 147 cm³/mol. The summed E-state index contributed by atoms with van der Waals surface area (Å²) in [5.41, 5.74) is 6.13. The summed E-state index contributed by atoms with van der Waals surface area (Å²) in [6.07, 6.45) is 2.42. The van der Waals surface area contributed by atoms with Crippen LogP contribution in [0.25, 0.3) is 0 Å². The third kappa shape index (κ3) is 4.00. The Hall–Kier alpha value is -3.89. The Labute approximate surface area is 221 Å². The molecule has 0 bridgehead atoms. The van der Waals surface area contributed by atoms with Crippen molar-refractivity contribution in [3.05, 3.63) is 54.2 Å². The average Bonchev–Trinajstić information content (AvgIpc) is 3.37. The van der Waals surface area contributed by atoms with Crippen LogP contribution < -0.4 is 24.9 Å². The van der Waals surface area contributed by atoms with Gasteiger partial charge in [0.25, 0.3) is 0 Å². The van der Waals surface area contributed by atoms with Crippen molar-refractivity contribution in [2.24, 2.45) is 0 Å². The molecule has 1 unspecified atom stereocenters. The van der Waals surface area contributed by atoms with E-state index in [1.807, 2.05) is 12.1 Å². The topological polar surface area (TPSA) is 86.3 Å². The lowest BCUT2D eigenvalue weighted by Crippen LogP contribution is -2.49. The smallest absolute Gasteiger partial charge is 0.250 e. The van der Waals surface area contributed by atoms with Crippen molar-refractivity contribution in [3.8, 4) is 0 Å². The number of nitrogens with one attached hydrogen (secondary N) is 1. The number of carbonyl (C=O) groups excluding carboxylic acids is 1. The number of hydrogen-bond acceptors (Lipinski definition) is 9. The number of benzene rings is 2. The molecule has 1 atom stereocenters. The lowest BCUT2D eigenvalue weighted by Gasteiger charge is -2.36. The van der Waals surface area contributed by atoms with Crippen LogP contribution in [0.5, 0.6) is 0 Å². The lowest BCUT2D eigenvalue weighted by molar-refractivity contribution is -0.119. The summed E-state index contributed by atoms with van der Waals surface area (Å²) in [4.78, 5) is 31.2. The molecule has 5 heterocycles. The second kappa shape index (κ2) is 9.45. The van der Waals surface area contributed by atoms with Gasteiger partial charge in [0.1, 0.15) is 11.7 Å². The molecule has 2 aromatic carbocycles. The van der Waals surface area contributed by atoms with Gasteiger partial charge in [-0.05, 0) is 29.8 Å². The lowest BCUT2D eigenvalue weighted by atomic mass is 10.1. The molecule has 4 aliphatic rings. The van der Waals surface area contributed by atoms with Crippen LogP contribution in [0, 0.1) is 0 Å². The number of amides is 1. The maximum absolute atomic E-state index is 13.2. The number of aromatic nitrogens is 2. The molecule has 0 saturated carbocycles. The molecule has 10 heteroatoms. The minimum Gasteiger partial charge on any atom is -0.378 e. The Morgan fingerprint density at radius 3 is 2.24 bits per heavy atom. The van der Waals surface area contributed by atoms with Crippen LogP contribution in [-0.2, 0) is 20.7 Å². The van der Waals surface area contributed by atoms with Crippen LogP contribution in [0.1, 0.15) is 5.56 Å². The summed E-state index contributed by atoms with van der Waals surface area (Å²) < 4.78 is 11.2. The second-order valence-corrected chi connectivity index (χ2v) is 10.1. The van der Waals surface area contributed by atoms with Gasteiger partial charge < -0.3 is 34.4 Å². The number of para-hydroxylation sites is 1. The largest absolute Gasteiger partial charge is 0.378 e. The van der Waals surface area contributed by atoms with E-state index in [0.717, 1.165) is 86.7 Å². The normalized spacial score (nSPS) is 20.8. The molecule has 0 aliphatic carbocycles. The summed E-state index contributed by atoms with van der Waals surface area (Å²) in [5, 5.41) is 3.47. The zero-order valence-electron chi connectivity index (χ0n) is 21.5. The summed E-state index contributed by atoms with van der Waals surface area (Å²) in [7, 11) is 1.80. The highest BCUT2D eigenvalue weighted by atomic mass is 16.5. The van der Waals surface area contributed by atoms with E-state index in [1.54, 1.807) is 18.1 Å². The monoisotopic (exact) mass is 513 g/mol. The number of nitrogens with zero attached hydrogens (tertiary/aromatic N) is 6. The fourth-order valence-corrected chi connectivity index (χ4v) is 5.83. The number of morpholine rings is 2. The zero-order valence-corrected chi connectivity index (χ0v) is 21.5. The molecule has 196 valence electrons.